The fraction of sp³-hybridized carbons (Fsp3) is 0.875. The second-order valence-electron chi connectivity index (χ2n) is 3.58. The van der Waals surface area contributed by atoms with E-state index in [1.807, 2.05) is 13.8 Å². The first-order chi connectivity index (χ1) is 5.94. The minimum atomic E-state index is -0.564. The Labute approximate surface area is 78.6 Å². The minimum Gasteiger partial charge on any atom is -0.411 e. The van der Waals surface area contributed by atoms with Crippen LogP contribution in [0.5, 0.6) is 0 Å². The lowest BCUT2D eigenvalue weighted by Crippen LogP contribution is -2.49. The van der Waals surface area contributed by atoms with E-state index < -0.39 is 11.6 Å². The van der Waals surface area contributed by atoms with Gasteiger partial charge in [-0.05, 0) is 20.8 Å². The Morgan fingerprint density at radius 2 is 2.15 bits per heavy atom. The van der Waals surface area contributed by atoms with E-state index in [4.69, 9.17) is 10.9 Å². The van der Waals surface area contributed by atoms with Crippen LogP contribution in [0.1, 0.15) is 20.8 Å². The highest BCUT2D eigenvalue weighted by Crippen LogP contribution is 2.04. The molecule has 1 unspecified atom stereocenters. The van der Waals surface area contributed by atoms with Gasteiger partial charge < -0.3 is 21.4 Å². The maximum absolute atomic E-state index is 9.19. The van der Waals surface area contributed by atoms with E-state index >= 15 is 0 Å². The molecule has 0 heterocycles. The van der Waals surface area contributed by atoms with Crippen LogP contribution < -0.4 is 11.1 Å². The molecule has 0 amide bonds. The van der Waals surface area contributed by atoms with Crippen LogP contribution in [0, 0.1) is 0 Å². The van der Waals surface area contributed by atoms with Gasteiger partial charge in [-0.25, -0.2) is 0 Å². The van der Waals surface area contributed by atoms with Crippen molar-refractivity contribution < 1.29 is 10.3 Å². The topological polar surface area (TPSA) is 90.9 Å². The molecule has 5 heteroatoms. The van der Waals surface area contributed by atoms with E-state index in [-0.39, 0.29) is 6.54 Å². The molecular weight excluding hydrogens is 170 g/mol. The molecule has 78 valence electrons. The van der Waals surface area contributed by atoms with Crippen LogP contribution in [-0.2, 0) is 0 Å². The number of hydrogen-bond acceptors (Lipinski definition) is 5. The van der Waals surface area contributed by atoms with Crippen LogP contribution in [0.2, 0.25) is 0 Å². The number of aliphatic hydroxyl groups excluding tert-OH is 1. The third-order valence-electron chi connectivity index (χ3n) is 2.11. The molecule has 0 aliphatic carbocycles. The molecule has 5 nitrogen and oxygen atoms in total. The van der Waals surface area contributed by atoms with Gasteiger partial charge in [0.1, 0.15) is 0 Å². The van der Waals surface area contributed by atoms with Crippen molar-refractivity contribution in [2.45, 2.75) is 32.4 Å². The molecule has 0 aliphatic rings. The average molecular weight is 189 g/mol. The summed E-state index contributed by atoms with van der Waals surface area (Å²) in [7, 11) is 0. The molecule has 0 aromatic heterocycles. The summed E-state index contributed by atoms with van der Waals surface area (Å²) in [6.45, 7) is 6.05. The Bertz CT molecular complexity index is 180. The molecule has 13 heavy (non-hydrogen) atoms. The smallest absolute Gasteiger partial charge is 0.0786 e. The number of oxime groups is 1. The second kappa shape index (κ2) is 5.16. The maximum Gasteiger partial charge on any atom is 0.0786 e. The van der Waals surface area contributed by atoms with Crippen LogP contribution in [-0.4, -0.2) is 40.8 Å². The van der Waals surface area contributed by atoms with Gasteiger partial charge in [0.2, 0.25) is 0 Å². The lowest BCUT2D eigenvalue weighted by molar-refractivity contribution is 0.172. The maximum atomic E-state index is 9.19. The van der Waals surface area contributed by atoms with E-state index in [0.717, 1.165) is 0 Å². The van der Waals surface area contributed by atoms with E-state index in [0.29, 0.717) is 12.3 Å². The van der Waals surface area contributed by atoms with Gasteiger partial charge in [0, 0.05) is 13.1 Å². The minimum absolute atomic E-state index is 0.221. The number of nitrogens with one attached hydrogen (secondary N) is 1. The second-order valence-corrected chi connectivity index (χ2v) is 3.58. The number of nitrogens with zero attached hydrogens (tertiary/aromatic N) is 1. The normalized spacial score (nSPS) is 15.9. The summed E-state index contributed by atoms with van der Waals surface area (Å²) < 4.78 is 0. The third-order valence-corrected chi connectivity index (χ3v) is 2.11. The average Bonchev–Trinajstić information content (AvgIpc) is 2.12. The number of aliphatic hydroxyl groups is 1. The highest BCUT2D eigenvalue weighted by molar-refractivity contribution is 5.90. The molecule has 0 saturated heterocycles. The molecule has 0 bridgehead atoms. The van der Waals surface area contributed by atoms with Crippen molar-refractivity contribution in [2.75, 3.05) is 13.1 Å². The van der Waals surface area contributed by atoms with Crippen LogP contribution in [0.15, 0.2) is 5.16 Å². The first-order valence-corrected chi connectivity index (χ1v) is 4.26. The predicted molar refractivity (Wildman–Crippen MR) is 52.0 cm³/mol. The first kappa shape index (κ1) is 12.3. The molecule has 0 aliphatic heterocycles. The largest absolute Gasteiger partial charge is 0.411 e. The zero-order chi connectivity index (χ0) is 10.5. The van der Waals surface area contributed by atoms with Crippen LogP contribution in [0.4, 0.5) is 0 Å². The van der Waals surface area contributed by atoms with Crippen molar-refractivity contribution in [1.82, 2.24) is 5.32 Å². The summed E-state index contributed by atoms with van der Waals surface area (Å²) >= 11 is 0. The highest BCUT2D eigenvalue weighted by atomic mass is 16.4. The summed E-state index contributed by atoms with van der Waals surface area (Å²) in [5.41, 5.74) is 5.38. The van der Waals surface area contributed by atoms with E-state index in [2.05, 4.69) is 10.5 Å². The highest BCUT2D eigenvalue weighted by Gasteiger charge is 2.21. The van der Waals surface area contributed by atoms with E-state index in [1.54, 1.807) is 6.92 Å². The van der Waals surface area contributed by atoms with Gasteiger partial charge in [-0.1, -0.05) is 5.16 Å². The summed E-state index contributed by atoms with van der Waals surface area (Å²) in [4.78, 5) is 0. The standard InChI is InChI=1S/C8H19N3O2/c1-6(11-13)8(2,3)10-5-7(12)4-9/h7,10,12-13H,4-5,9H2,1-3H3. The molecule has 0 fully saturated rings. The Balaban J connectivity index is 4.03. The van der Waals surface area contributed by atoms with Crippen molar-refractivity contribution >= 4 is 5.71 Å². The quantitative estimate of drug-likeness (QED) is 0.267. The van der Waals surface area contributed by atoms with Gasteiger partial charge >= 0.3 is 0 Å². The molecular formula is C8H19N3O2. The third kappa shape index (κ3) is 4.21. The van der Waals surface area contributed by atoms with E-state index in [1.165, 1.54) is 0 Å². The van der Waals surface area contributed by atoms with Gasteiger partial charge in [-0.2, -0.15) is 0 Å². The summed E-state index contributed by atoms with van der Waals surface area (Å²) in [6, 6.07) is 0. The predicted octanol–water partition coefficient (Wildman–Crippen LogP) is -0.476. The van der Waals surface area contributed by atoms with Crippen LogP contribution in [0.3, 0.4) is 0 Å². The molecule has 5 N–H and O–H groups in total. The zero-order valence-corrected chi connectivity index (χ0v) is 8.41. The van der Waals surface area contributed by atoms with E-state index in [9.17, 15) is 5.11 Å². The molecule has 0 spiro atoms. The molecule has 0 rings (SSSR count). The van der Waals surface area contributed by atoms with Gasteiger partial charge in [-0.3, -0.25) is 0 Å². The Hall–Kier alpha value is -0.650. The van der Waals surface area contributed by atoms with Crippen molar-refractivity contribution in [2.24, 2.45) is 10.9 Å². The fourth-order valence-corrected chi connectivity index (χ4v) is 0.709. The SMILES string of the molecule is CC(=NO)C(C)(C)NCC(O)CN. The first-order valence-electron chi connectivity index (χ1n) is 4.26. The zero-order valence-electron chi connectivity index (χ0n) is 8.41. The van der Waals surface area contributed by atoms with Gasteiger partial charge in [0.15, 0.2) is 0 Å². The fourth-order valence-electron chi connectivity index (χ4n) is 0.709. The van der Waals surface area contributed by atoms with Gasteiger partial charge in [0.05, 0.1) is 17.4 Å². The number of β-amino-alcohol motifs (C(OH)–C–C–N with tert-alkyl or cyclic N) is 1. The van der Waals surface area contributed by atoms with Crippen LogP contribution in [0.25, 0.3) is 0 Å². The number of nitrogens with two attached hydrogens (primary N) is 1. The van der Waals surface area contributed by atoms with Crippen LogP contribution >= 0.6 is 0 Å². The molecule has 0 aromatic rings. The van der Waals surface area contributed by atoms with Crippen molar-refractivity contribution in [3.63, 3.8) is 0 Å². The molecule has 0 aromatic carbocycles. The molecule has 0 radical (unpaired) electrons. The summed E-state index contributed by atoms with van der Waals surface area (Å²) in [5, 5.41) is 23.9. The van der Waals surface area contributed by atoms with Crippen molar-refractivity contribution in [3.8, 4) is 0 Å². The summed E-state index contributed by atoms with van der Waals surface area (Å²) in [5.74, 6) is 0. The van der Waals surface area contributed by atoms with Crippen molar-refractivity contribution in [3.05, 3.63) is 0 Å². The Morgan fingerprint density at radius 3 is 2.54 bits per heavy atom. The monoisotopic (exact) mass is 189 g/mol. The van der Waals surface area contributed by atoms with Gasteiger partial charge in [-0.15, -0.1) is 0 Å². The lowest BCUT2D eigenvalue weighted by atomic mass is 9.99. The molecule has 0 saturated carbocycles. The van der Waals surface area contributed by atoms with Gasteiger partial charge in [0.25, 0.3) is 0 Å². The molecule has 1 atom stereocenters. The summed E-state index contributed by atoms with van der Waals surface area (Å²) in [6.07, 6.45) is -0.564. The Morgan fingerprint density at radius 1 is 1.62 bits per heavy atom. The Kier molecular flexibility index (Phi) is 4.90. The number of hydrogen-bond donors (Lipinski definition) is 4. The number of rotatable bonds is 5. The van der Waals surface area contributed by atoms with Crippen molar-refractivity contribution in [1.29, 1.82) is 0 Å². The lowest BCUT2D eigenvalue weighted by Gasteiger charge is -2.26.